The first-order valence-electron chi connectivity index (χ1n) is 5.89. The average Bonchev–Trinajstić information content (AvgIpc) is 2.88. The summed E-state index contributed by atoms with van der Waals surface area (Å²) >= 11 is 0. The van der Waals surface area contributed by atoms with Crippen molar-refractivity contribution in [2.24, 2.45) is 0 Å². The number of nitrogen functional groups attached to an aromatic ring is 1. The Balaban J connectivity index is 1.96. The number of carbonyl (C=O) groups excluding carboxylic acids is 1. The van der Waals surface area contributed by atoms with Gasteiger partial charge in [0.2, 0.25) is 0 Å². The van der Waals surface area contributed by atoms with Gasteiger partial charge in [-0.2, -0.15) is 0 Å². The van der Waals surface area contributed by atoms with Crippen molar-refractivity contribution >= 4 is 11.6 Å². The Morgan fingerprint density at radius 3 is 2.95 bits per heavy atom. The van der Waals surface area contributed by atoms with Crippen molar-refractivity contribution in [3.05, 3.63) is 47.3 Å². The normalized spacial score (nSPS) is 10.4. The van der Waals surface area contributed by atoms with Crippen LogP contribution in [0.3, 0.4) is 0 Å². The molecular formula is C13H15FN4O. The van der Waals surface area contributed by atoms with E-state index in [-0.39, 0.29) is 17.2 Å². The van der Waals surface area contributed by atoms with Crippen LogP contribution in [0.5, 0.6) is 0 Å². The molecule has 0 aliphatic heterocycles. The highest BCUT2D eigenvalue weighted by atomic mass is 19.1. The summed E-state index contributed by atoms with van der Waals surface area (Å²) in [6.45, 7) is 2.01. The van der Waals surface area contributed by atoms with Crippen LogP contribution in [-0.4, -0.2) is 22.4 Å². The molecule has 4 N–H and O–H groups in total. The molecule has 0 aliphatic rings. The Morgan fingerprint density at radius 1 is 1.53 bits per heavy atom. The Bertz CT molecular complexity index is 557. The van der Waals surface area contributed by atoms with E-state index in [9.17, 15) is 9.18 Å². The molecule has 0 saturated carbocycles. The van der Waals surface area contributed by atoms with Gasteiger partial charge < -0.3 is 16.0 Å². The van der Waals surface area contributed by atoms with Crippen LogP contribution in [0.1, 0.15) is 21.6 Å². The molecule has 1 aromatic carbocycles. The van der Waals surface area contributed by atoms with E-state index in [2.05, 4.69) is 15.3 Å². The minimum Gasteiger partial charge on any atom is -0.398 e. The zero-order chi connectivity index (χ0) is 13.8. The molecule has 0 unspecified atom stereocenters. The number of hydrogen-bond donors (Lipinski definition) is 3. The third-order valence-electron chi connectivity index (χ3n) is 2.88. The van der Waals surface area contributed by atoms with Crippen molar-refractivity contribution in [3.63, 3.8) is 0 Å². The van der Waals surface area contributed by atoms with E-state index in [0.29, 0.717) is 18.5 Å². The van der Waals surface area contributed by atoms with Gasteiger partial charge in [-0.15, -0.1) is 0 Å². The topological polar surface area (TPSA) is 83.8 Å². The van der Waals surface area contributed by atoms with Gasteiger partial charge in [-0.25, -0.2) is 9.37 Å². The predicted molar refractivity (Wildman–Crippen MR) is 70.2 cm³/mol. The molecule has 0 radical (unpaired) electrons. The number of amides is 1. The minimum atomic E-state index is -0.473. The molecule has 1 heterocycles. The largest absolute Gasteiger partial charge is 0.398 e. The number of imidazole rings is 1. The van der Waals surface area contributed by atoms with Crippen LogP contribution >= 0.6 is 0 Å². The molecule has 5 nitrogen and oxygen atoms in total. The fourth-order valence-electron chi connectivity index (χ4n) is 1.67. The van der Waals surface area contributed by atoms with E-state index in [1.54, 1.807) is 19.4 Å². The fraction of sp³-hybridized carbons (Fsp3) is 0.231. The van der Waals surface area contributed by atoms with Gasteiger partial charge >= 0.3 is 0 Å². The molecule has 2 rings (SSSR count). The summed E-state index contributed by atoms with van der Waals surface area (Å²) in [4.78, 5) is 18.6. The van der Waals surface area contributed by atoms with E-state index in [4.69, 9.17) is 5.73 Å². The monoisotopic (exact) mass is 262 g/mol. The van der Waals surface area contributed by atoms with Crippen molar-refractivity contribution in [2.75, 3.05) is 12.3 Å². The summed E-state index contributed by atoms with van der Waals surface area (Å²) in [5.74, 6) is -0.816. The van der Waals surface area contributed by atoms with Crippen LogP contribution in [0.4, 0.5) is 10.1 Å². The number of hydrogen-bond acceptors (Lipinski definition) is 3. The Hall–Kier alpha value is -2.37. The van der Waals surface area contributed by atoms with Crippen molar-refractivity contribution < 1.29 is 9.18 Å². The van der Waals surface area contributed by atoms with Crippen LogP contribution in [0.2, 0.25) is 0 Å². The number of halogens is 1. The summed E-state index contributed by atoms with van der Waals surface area (Å²) in [5, 5.41) is 2.70. The zero-order valence-electron chi connectivity index (χ0n) is 10.5. The van der Waals surface area contributed by atoms with Crippen molar-refractivity contribution in [3.8, 4) is 0 Å². The van der Waals surface area contributed by atoms with E-state index >= 15 is 0 Å². The molecule has 0 saturated heterocycles. The summed E-state index contributed by atoms with van der Waals surface area (Å²) in [6.07, 6.45) is 3.90. The van der Waals surface area contributed by atoms with Crippen molar-refractivity contribution in [2.45, 2.75) is 13.3 Å². The number of H-pyrrole nitrogens is 1. The van der Waals surface area contributed by atoms with Gasteiger partial charge in [0.05, 0.1) is 6.33 Å². The Kier molecular flexibility index (Phi) is 3.79. The fourth-order valence-corrected chi connectivity index (χ4v) is 1.67. The summed E-state index contributed by atoms with van der Waals surface area (Å²) in [5.41, 5.74) is 7.42. The van der Waals surface area contributed by atoms with Crippen molar-refractivity contribution in [1.29, 1.82) is 0 Å². The third kappa shape index (κ3) is 3.09. The molecular weight excluding hydrogens is 247 g/mol. The van der Waals surface area contributed by atoms with E-state index < -0.39 is 5.82 Å². The average molecular weight is 262 g/mol. The van der Waals surface area contributed by atoms with Gasteiger partial charge in [0, 0.05) is 41.7 Å². The molecule has 100 valence electrons. The first-order valence-corrected chi connectivity index (χ1v) is 5.89. The second kappa shape index (κ2) is 5.51. The maximum atomic E-state index is 13.5. The predicted octanol–water partition coefficient (Wildman–Crippen LogP) is 1.41. The van der Waals surface area contributed by atoms with Gasteiger partial charge in [-0.05, 0) is 19.1 Å². The van der Waals surface area contributed by atoms with Gasteiger partial charge in [0.25, 0.3) is 5.91 Å². The highest BCUT2D eigenvalue weighted by Crippen LogP contribution is 2.17. The summed E-state index contributed by atoms with van der Waals surface area (Å²) < 4.78 is 13.5. The Morgan fingerprint density at radius 2 is 2.32 bits per heavy atom. The number of nitrogens with zero attached hydrogens (tertiary/aromatic N) is 1. The number of anilines is 1. The number of nitrogens with one attached hydrogen (secondary N) is 2. The second-order valence-corrected chi connectivity index (χ2v) is 4.26. The molecule has 6 heteroatoms. The number of nitrogens with two attached hydrogens (primary N) is 1. The second-order valence-electron chi connectivity index (χ2n) is 4.26. The van der Waals surface area contributed by atoms with Crippen molar-refractivity contribution in [1.82, 2.24) is 15.3 Å². The van der Waals surface area contributed by atoms with Gasteiger partial charge in [0.1, 0.15) is 5.82 Å². The first-order chi connectivity index (χ1) is 9.08. The number of aromatic nitrogens is 2. The molecule has 1 aromatic heterocycles. The minimum absolute atomic E-state index is 0.227. The molecule has 0 fully saturated rings. The standard InChI is InChI=1S/C13H15FN4O/c1-8-11(14)4-9(5-12(8)15)13(19)17-3-2-10-6-16-7-18-10/h4-7H,2-3,15H2,1H3,(H,16,18)(H,17,19). The zero-order valence-corrected chi connectivity index (χ0v) is 10.5. The van der Waals surface area contributed by atoms with Gasteiger partial charge in [-0.1, -0.05) is 0 Å². The number of rotatable bonds is 4. The van der Waals surface area contributed by atoms with E-state index in [1.807, 2.05) is 0 Å². The lowest BCUT2D eigenvalue weighted by Gasteiger charge is -2.07. The lowest BCUT2D eigenvalue weighted by Crippen LogP contribution is -2.26. The molecule has 0 aliphatic carbocycles. The van der Waals surface area contributed by atoms with Crippen LogP contribution < -0.4 is 11.1 Å². The van der Waals surface area contributed by atoms with Crippen LogP contribution in [0.15, 0.2) is 24.7 Å². The maximum absolute atomic E-state index is 13.5. The molecule has 0 bridgehead atoms. The lowest BCUT2D eigenvalue weighted by atomic mass is 10.1. The van der Waals surface area contributed by atoms with E-state index in [1.165, 1.54) is 12.1 Å². The number of carbonyl (C=O) groups is 1. The van der Waals surface area contributed by atoms with Crippen LogP contribution in [0, 0.1) is 12.7 Å². The first kappa shape index (κ1) is 13.1. The van der Waals surface area contributed by atoms with Crippen LogP contribution in [-0.2, 0) is 6.42 Å². The van der Waals surface area contributed by atoms with Gasteiger partial charge in [0.15, 0.2) is 0 Å². The molecule has 0 spiro atoms. The van der Waals surface area contributed by atoms with Gasteiger partial charge in [-0.3, -0.25) is 4.79 Å². The number of benzene rings is 1. The summed E-state index contributed by atoms with van der Waals surface area (Å²) in [7, 11) is 0. The lowest BCUT2D eigenvalue weighted by molar-refractivity contribution is 0.0953. The molecule has 2 aromatic rings. The molecule has 1 amide bonds. The van der Waals surface area contributed by atoms with E-state index in [0.717, 1.165) is 5.69 Å². The summed E-state index contributed by atoms with van der Waals surface area (Å²) in [6, 6.07) is 2.67. The SMILES string of the molecule is Cc1c(N)cc(C(=O)NCCc2cnc[nH]2)cc1F. The smallest absolute Gasteiger partial charge is 0.251 e. The molecule has 19 heavy (non-hydrogen) atoms. The Labute approximate surface area is 110 Å². The molecule has 0 atom stereocenters. The highest BCUT2D eigenvalue weighted by molar-refractivity contribution is 5.95. The maximum Gasteiger partial charge on any atom is 0.251 e. The van der Waals surface area contributed by atoms with Crippen LogP contribution in [0.25, 0.3) is 0 Å². The number of aromatic amines is 1. The highest BCUT2D eigenvalue weighted by Gasteiger charge is 2.10. The quantitative estimate of drug-likeness (QED) is 0.728. The third-order valence-corrected chi connectivity index (χ3v) is 2.88.